The van der Waals surface area contributed by atoms with Crippen LogP contribution in [0.5, 0.6) is 0 Å². The minimum atomic E-state index is -0.445. The maximum atomic E-state index is 11.9. The first-order valence-electron chi connectivity index (χ1n) is 7.04. The van der Waals surface area contributed by atoms with Crippen LogP contribution in [-0.4, -0.2) is 56.0 Å². The van der Waals surface area contributed by atoms with Gasteiger partial charge in [-0.3, -0.25) is 0 Å². The van der Waals surface area contributed by atoms with Crippen LogP contribution in [0.1, 0.15) is 41.0 Å². The molecule has 0 aliphatic heterocycles. The Morgan fingerprint density at radius 1 is 1.32 bits per heavy atom. The van der Waals surface area contributed by atoms with Crippen molar-refractivity contribution in [3.8, 4) is 0 Å². The van der Waals surface area contributed by atoms with Gasteiger partial charge in [-0.05, 0) is 34.1 Å². The zero-order chi connectivity index (χ0) is 14.9. The van der Waals surface area contributed by atoms with Gasteiger partial charge in [0.05, 0.1) is 6.61 Å². The van der Waals surface area contributed by atoms with Gasteiger partial charge in [-0.2, -0.15) is 0 Å². The molecule has 5 heteroatoms. The van der Waals surface area contributed by atoms with E-state index in [1.54, 1.807) is 12.0 Å². The first kappa shape index (κ1) is 18.2. The second-order valence-electron chi connectivity index (χ2n) is 5.57. The predicted octanol–water partition coefficient (Wildman–Crippen LogP) is 2.26. The van der Waals surface area contributed by atoms with Crippen molar-refractivity contribution < 1.29 is 14.3 Å². The minimum Gasteiger partial charge on any atom is -0.444 e. The SMILES string of the molecule is CCC(COC)NCCN(CC)C(=O)OC(C)(C)C. The quantitative estimate of drug-likeness (QED) is 0.737. The summed E-state index contributed by atoms with van der Waals surface area (Å²) in [4.78, 5) is 13.6. The number of hydrogen-bond acceptors (Lipinski definition) is 4. The molecule has 1 N–H and O–H groups in total. The molecule has 19 heavy (non-hydrogen) atoms. The molecule has 0 saturated carbocycles. The molecule has 0 rings (SSSR count). The van der Waals surface area contributed by atoms with E-state index in [1.165, 1.54) is 0 Å². The van der Waals surface area contributed by atoms with E-state index in [0.29, 0.717) is 25.7 Å². The molecular weight excluding hydrogens is 244 g/mol. The Balaban J connectivity index is 4.09. The van der Waals surface area contributed by atoms with E-state index in [0.717, 1.165) is 13.0 Å². The van der Waals surface area contributed by atoms with Gasteiger partial charge >= 0.3 is 6.09 Å². The first-order valence-corrected chi connectivity index (χ1v) is 7.04. The summed E-state index contributed by atoms with van der Waals surface area (Å²) >= 11 is 0. The second kappa shape index (κ2) is 9.15. The Morgan fingerprint density at radius 2 is 1.95 bits per heavy atom. The highest BCUT2D eigenvalue weighted by Gasteiger charge is 2.20. The summed E-state index contributed by atoms with van der Waals surface area (Å²) in [7, 11) is 1.70. The van der Waals surface area contributed by atoms with Crippen molar-refractivity contribution in [2.75, 3.05) is 33.4 Å². The van der Waals surface area contributed by atoms with Crippen LogP contribution < -0.4 is 5.32 Å². The fraction of sp³-hybridized carbons (Fsp3) is 0.929. The van der Waals surface area contributed by atoms with Crippen LogP contribution in [0, 0.1) is 0 Å². The number of carbonyl (C=O) groups excluding carboxylic acids is 1. The van der Waals surface area contributed by atoms with Gasteiger partial charge in [0.25, 0.3) is 0 Å². The largest absolute Gasteiger partial charge is 0.444 e. The maximum Gasteiger partial charge on any atom is 0.410 e. The number of rotatable bonds is 8. The molecule has 0 aliphatic rings. The summed E-state index contributed by atoms with van der Waals surface area (Å²) < 4.78 is 10.5. The molecule has 0 aromatic carbocycles. The predicted molar refractivity (Wildman–Crippen MR) is 77.4 cm³/mol. The molecule has 1 unspecified atom stereocenters. The molecule has 0 saturated heterocycles. The Bertz CT molecular complexity index is 252. The second-order valence-corrected chi connectivity index (χ2v) is 5.57. The monoisotopic (exact) mass is 274 g/mol. The van der Waals surface area contributed by atoms with E-state index in [2.05, 4.69) is 12.2 Å². The third-order valence-electron chi connectivity index (χ3n) is 2.71. The molecule has 1 atom stereocenters. The highest BCUT2D eigenvalue weighted by Crippen LogP contribution is 2.09. The van der Waals surface area contributed by atoms with Crippen LogP contribution in [0.2, 0.25) is 0 Å². The van der Waals surface area contributed by atoms with E-state index in [-0.39, 0.29) is 6.09 Å². The number of carbonyl (C=O) groups is 1. The maximum absolute atomic E-state index is 11.9. The van der Waals surface area contributed by atoms with Crippen molar-refractivity contribution in [3.63, 3.8) is 0 Å². The van der Waals surface area contributed by atoms with Gasteiger partial charge in [-0.25, -0.2) is 4.79 Å². The lowest BCUT2D eigenvalue weighted by molar-refractivity contribution is 0.0259. The summed E-state index contributed by atoms with van der Waals surface area (Å²) in [5.41, 5.74) is -0.445. The molecule has 0 bridgehead atoms. The van der Waals surface area contributed by atoms with Gasteiger partial charge in [0, 0.05) is 32.8 Å². The van der Waals surface area contributed by atoms with Gasteiger partial charge in [-0.1, -0.05) is 6.92 Å². The fourth-order valence-electron chi connectivity index (χ4n) is 1.63. The van der Waals surface area contributed by atoms with Crippen molar-refractivity contribution in [1.82, 2.24) is 10.2 Å². The highest BCUT2D eigenvalue weighted by molar-refractivity contribution is 5.68. The molecule has 0 aromatic heterocycles. The Hall–Kier alpha value is -0.810. The molecule has 0 radical (unpaired) electrons. The van der Waals surface area contributed by atoms with Crippen molar-refractivity contribution >= 4 is 6.09 Å². The molecule has 0 aliphatic carbocycles. The number of nitrogens with one attached hydrogen (secondary N) is 1. The molecule has 0 aromatic rings. The zero-order valence-corrected chi connectivity index (χ0v) is 13.3. The molecule has 0 spiro atoms. The number of amides is 1. The normalized spacial score (nSPS) is 13.2. The third-order valence-corrected chi connectivity index (χ3v) is 2.71. The minimum absolute atomic E-state index is 0.253. The summed E-state index contributed by atoms with van der Waals surface area (Å²) in [5.74, 6) is 0. The van der Waals surface area contributed by atoms with E-state index < -0.39 is 5.60 Å². The van der Waals surface area contributed by atoms with Gasteiger partial charge in [0.1, 0.15) is 5.60 Å². The van der Waals surface area contributed by atoms with Gasteiger partial charge in [0.15, 0.2) is 0 Å². The van der Waals surface area contributed by atoms with Crippen LogP contribution in [0.15, 0.2) is 0 Å². The topological polar surface area (TPSA) is 50.8 Å². The summed E-state index contributed by atoms with van der Waals surface area (Å²) in [5, 5.41) is 3.38. The van der Waals surface area contributed by atoms with Crippen molar-refractivity contribution in [2.45, 2.75) is 52.7 Å². The molecule has 0 heterocycles. The van der Waals surface area contributed by atoms with Crippen molar-refractivity contribution in [1.29, 1.82) is 0 Å². The smallest absolute Gasteiger partial charge is 0.410 e. The highest BCUT2D eigenvalue weighted by atomic mass is 16.6. The van der Waals surface area contributed by atoms with Crippen LogP contribution in [-0.2, 0) is 9.47 Å². The molecule has 114 valence electrons. The van der Waals surface area contributed by atoms with Crippen LogP contribution in [0.25, 0.3) is 0 Å². The van der Waals surface area contributed by atoms with Gasteiger partial charge in [-0.15, -0.1) is 0 Å². The lowest BCUT2D eigenvalue weighted by atomic mass is 10.2. The summed E-state index contributed by atoms with van der Waals surface area (Å²) in [6.45, 7) is 12.4. The number of hydrogen-bond donors (Lipinski definition) is 1. The average molecular weight is 274 g/mol. The summed E-state index contributed by atoms with van der Waals surface area (Å²) in [6.07, 6.45) is 0.753. The van der Waals surface area contributed by atoms with Crippen LogP contribution >= 0.6 is 0 Å². The first-order chi connectivity index (χ1) is 8.84. The Morgan fingerprint density at radius 3 is 2.37 bits per heavy atom. The van der Waals surface area contributed by atoms with E-state index in [1.807, 2.05) is 27.7 Å². The number of nitrogens with zero attached hydrogens (tertiary/aromatic N) is 1. The lowest BCUT2D eigenvalue weighted by Crippen LogP contribution is -2.43. The molecular formula is C14H30N2O3. The Kier molecular flexibility index (Phi) is 8.76. The molecule has 0 fully saturated rings. The van der Waals surface area contributed by atoms with E-state index in [9.17, 15) is 4.79 Å². The van der Waals surface area contributed by atoms with Crippen LogP contribution in [0.4, 0.5) is 4.79 Å². The van der Waals surface area contributed by atoms with Crippen molar-refractivity contribution in [3.05, 3.63) is 0 Å². The number of likely N-dealkylation sites (N-methyl/N-ethyl adjacent to an activating group) is 1. The van der Waals surface area contributed by atoms with Crippen LogP contribution in [0.3, 0.4) is 0 Å². The fourth-order valence-corrected chi connectivity index (χ4v) is 1.63. The standard InChI is InChI=1S/C14H30N2O3/c1-7-12(11-18-6)15-9-10-16(8-2)13(17)19-14(3,4)5/h12,15H,7-11H2,1-6H3. The van der Waals surface area contributed by atoms with Gasteiger partial charge in [0.2, 0.25) is 0 Å². The number of methoxy groups -OCH3 is 1. The molecule has 1 amide bonds. The summed E-state index contributed by atoms with van der Waals surface area (Å²) in [6, 6.07) is 0.336. The third kappa shape index (κ3) is 8.83. The Labute approximate surface area is 117 Å². The van der Waals surface area contributed by atoms with E-state index >= 15 is 0 Å². The van der Waals surface area contributed by atoms with Gasteiger partial charge < -0.3 is 19.7 Å². The molecule has 5 nitrogen and oxygen atoms in total. The zero-order valence-electron chi connectivity index (χ0n) is 13.3. The number of ether oxygens (including phenoxy) is 2. The van der Waals surface area contributed by atoms with Crippen molar-refractivity contribution in [2.24, 2.45) is 0 Å². The van der Waals surface area contributed by atoms with E-state index in [4.69, 9.17) is 9.47 Å². The average Bonchev–Trinajstić information content (AvgIpc) is 2.30. The lowest BCUT2D eigenvalue weighted by Gasteiger charge is -2.27.